The smallest absolute Gasteiger partial charge is 0.188 e. The fourth-order valence-corrected chi connectivity index (χ4v) is 2.58. The van der Waals surface area contributed by atoms with Crippen LogP contribution in [0.1, 0.15) is 12.8 Å². The Labute approximate surface area is 136 Å². The molecule has 0 aromatic heterocycles. The molecule has 0 aliphatic carbocycles. The van der Waals surface area contributed by atoms with Crippen molar-refractivity contribution in [3.63, 3.8) is 0 Å². The maximum atomic E-state index is 14.7. The molecular formula is C18H23FN2O2. The molecule has 1 aromatic rings. The molecule has 1 aliphatic heterocycles. The van der Waals surface area contributed by atoms with Gasteiger partial charge < -0.3 is 20.5 Å². The molecule has 3 N–H and O–H groups in total. The van der Waals surface area contributed by atoms with Crippen molar-refractivity contribution in [2.75, 3.05) is 24.5 Å². The van der Waals surface area contributed by atoms with Gasteiger partial charge in [-0.05, 0) is 37.1 Å². The van der Waals surface area contributed by atoms with Crippen LogP contribution in [0, 0.1) is 5.82 Å². The summed E-state index contributed by atoms with van der Waals surface area (Å²) in [5, 5.41) is 10.2. The molecule has 2 rings (SSSR count). The lowest BCUT2D eigenvalue weighted by atomic mass is 9.91. The monoisotopic (exact) mass is 318 g/mol. The van der Waals surface area contributed by atoms with Gasteiger partial charge in [0.25, 0.3) is 0 Å². The van der Waals surface area contributed by atoms with Gasteiger partial charge in [-0.15, -0.1) is 0 Å². The zero-order valence-corrected chi connectivity index (χ0v) is 13.2. The van der Waals surface area contributed by atoms with Crippen LogP contribution >= 0.6 is 0 Å². The minimum atomic E-state index is -0.843. The lowest BCUT2D eigenvalue weighted by Gasteiger charge is -2.38. The van der Waals surface area contributed by atoms with E-state index in [1.807, 2.05) is 4.90 Å². The van der Waals surface area contributed by atoms with Crippen LogP contribution in [0.2, 0.25) is 0 Å². The number of allylic oxidation sites excluding steroid dienone is 3. The summed E-state index contributed by atoms with van der Waals surface area (Å²) >= 11 is 0. The van der Waals surface area contributed by atoms with Gasteiger partial charge in [0.2, 0.25) is 0 Å². The van der Waals surface area contributed by atoms with Gasteiger partial charge in [0.05, 0.1) is 11.3 Å². The number of halogens is 1. The van der Waals surface area contributed by atoms with E-state index >= 15 is 0 Å². The fourth-order valence-electron chi connectivity index (χ4n) is 2.58. The van der Waals surface area contributed by atoms with E-state index in [1.165, 1.54) is 6.08 Å². The van der Waals surface area contributed by atoms with Gasteiger partial charge in [-0.1, -0.05) is 25.3 Å². The molecular weight excluding hydrogens is 295 g/mol. The summed E-state index contributed by atoms with van der Waals surface area (Å²) in [6.07, 6.45) is 5.69. The summed E-state index contributed by atoms with van der Waals surface area (Å²) in [7, 11) is 0. The summed E-state index contributed by atoms with van der Waals surface area (Å²) in [4.78, 5) is 1.90. The first-order valence-electron chi connectivity index (χ1n) is 7.62. The van der Waals surface area contributed by atoms with Crippen LogP contribution in [0.5, 0.6) is 5.75 Å². The van der Waals surface area contributed by atoms with E-state index in [0.717, 1.165) is 0 Å². The van der Waals surface area contributed by atoms with Crippen molar-refractivity contribution in [3.8, 4) is 5.75 Å². The lowest BCUT2D eigenvalue weighted by molar-refractivity contribution is 0.0249. The number of hydrogen-bond acceptors (Lipinski definition) is 4. The number of anilines is 1. The second kappa shape index (κ2) is 7.44. The Morgan fingerprint density at radius 1 is 1.39 bits per heavy atom. The third kappa shape index (κ3) is 4.00. The molecule has 1 aliphatic rings. The van der Waals surface area contributed by atoms with Crippen LogP contribution in [0.4, 0.5) is 10.1 Å². The van der Waals surface area contributed by atoms with Crippen molar-refractivity contribution in [2.24, 2.45) is 5.73 Å². The van der Waals surface area contributed by atoms with E-state index in [-0.39, 0.29) is 12.3 Å². The van der Waals surface area contributed by atoms with Gasteiger partial charge in [-0.25, -0.2) is 4.39 Å². The molecule has 0 atom stereocenters. The molecule has 124 valence electrons. The Balaban J connectivity index is 2.19. The second-order valence-electron chi connectivity index (χ2n) is 5.62. The highest BCUT2D eigenvalue weighted by Crippen LogP contribution is 2.32. The Bertz CT molecular complexity index is 605. The van der Waals surface area contributed by atoms with Crippen LogP contribution in [-0.2, 0) is 0 Å². The van der Waals surface area contributed by atoms with Crippen LogP contribution in [0.15, 0.2) is 55.3 Å². The molecule has 0 amide bonds. The molecule has 1 fully saturated rings. The molecule has 4 nitrogen and oxygen atoms in total. The predicted octanol–water partition coefficient (Wildman–Crippen LogP) is 2.75. The minimum absolute atomic E-state index is 0.134. The molecule has 23 heavy (non-hydrogen) atoms. The topological polar surface area (TPSA) is 58.7 Å². The molecule has 0 spiro atoms. The van der Waals surface area contributed by atoms with E-state index in [0.29, 0.717) is 37.4 Å². The Kier molecular flexibility index (Phi) is 5.58. The van der Waals surface area contributed by atoms with E-state index in [4.69, 9.17) is 10.5 Å². The summed E-state index contributed by atoms with van der Waals surface area (Å²) in [6.45, 7) is 8.53. The first kappa shape index (κ1) is 17.2. The molecule has 0 bridgehead atoms. The van der Waals surface area contributed by atoms with Gasteiger partial charge in [0, 0.05) is 19.6 Å². The van der Waals surface area contributed by atoms with Crippen molar-refractivity contribution in [1.29, 1.82) is 0 Å². The van der Waals surface area contributed by atoms with Gasteiger partial charge >= 0.3 is 0 Å². The van der Waals surface area contributed by atoms with Crippen molar-refractivity contribution < 1.29 is 14.2 Å². The SMILES string of the molecule is C=C/C=C(\C=C)Oc1cccc(N2CCC(O)(CN)CC2)c1F. The van der Waals surface area contributed by atoms with E-state index in [2.05, 4.69) is 13.2 Å². The summed E-state index contributed by atoms with van der Waals surface area (Å²) in [6, 6.07) is 5.02. The number of hydrogen-bond donors (Lipinski definition) is 2. The Hall–Kier alpha value is -2.11. The van der Waals surface area contributed by atoms with Gasteiger partial charge in [0.15, 0.2) is 11.6 Å². The normalized spacial score (nSPS) is 17.7. The van der Waals surface area contributed by atoms with Crippen LogP contribution in [-0.4, -0.2) is 30.3 Å². The Morgan fingerprint density at radius 3 is 2.65 bits per heavy atom. The number of benzene rings is 1. The zero-order valence-electron chi connectivity index (χ0n) is 13.2. The highest BCUT2D eigenvalue weighted by Gasteiger charge is 2.32. The maximum absolute atomic E-state index is 14.7. The van der Waals surface area contributed by atoms with Gasteiger partial charge in [-0.3, -0.25) is 0 Å². The number of aliphatic hydroxyl groups is 1. The van der Waals surface area contributed by atoms with Crippen molar-refractivity contribution >= 4 is 5.69 Å². The summed E-state index contributed by atoms with van der Waals surface area (Å²) < 4.78 is 20.3. The number of nitrogens with two attached hydrogens (primary N) is 1. The highest BCUT2D eigenvalue weighted by molar-refractivity contribution is 5.53. The molecule has 5 heteroatoms. The lowest BCUT2D eigenvalue weighted by Crippen LogP contribution is -2.48. The molecule has 1 heterocycles. The molecule has 0 unspecified atom stereocenters. The summed E-state index contributed by atoms with van der Waals surface area (Å²) in [5.74, 6) is 0.130. The first-order chi connectivity index (χ1) is 11.0. The standard InChI is InChI=1S/C18H23FN2O2/c1-3-6-14(4-2)23-16-8-5-7-15(17(16)19)21-11-9-18(22,13-20)10-12-21/h3-8,22H,1-2,9-13,20H2/b14-6+. The Morgan fingerprint density at radius 2 is 2.09 bits per heavy atom. The molecule has 0 saturated carbocycles. The average Bonchev–Trinajstić information content (AvgIpc) is 2.57. The third-order valence-corrected chi connectivity index (χ3v) is 4.07. The van der Waals surface area contributed by atoms with E-state index < -0.39 is 11.4 Å². The highest BCUT2D eigenvalue weighted by atomic mass is 19.1. The zero-order chi connectivity index (χ0) is 16.9. The maximum Gasteiger partial charge on any atom is 0.188 e. The van der Waals surface area contributed by atoms with Crippen LogP contribution in [0.25, 0.3) is 0 Å². The predicted molar refractivity (Wildman–Crippen MR) is 91.0 cm³/mol. The van der Waals surface area contributed by atoms with Crippen LogP contribution in [0.3, 0.4) is 0 Å². The van der Waals surface area contributed by atoms with Crippen molar-refractivity contribution in [3.05, 3.63) is 61.2 Å². The molecule has 0 radical (unpaired) electrons. The largest absolute Gasteiger partial charge is 0.454 e. The second-order valence-corrected chi connectivity index (χ2v) is 5.62. The number of piperidine rings is 1. The number of ether oxygens (including phenoxy) is 1. The van der Waals surface area contributed by atoms with E-state index in [9.17, 15) is 9.50 Å². The fraction of sp³-hybridized carbons (Fsp3) is 0.333. The van der Waals surface area contributed by atoms with Crippen LogP contribution < -0.4 is 15.4 Å². The average molecular weight is 318 g/mol. The first-order valence-corrected chi connectivity index (χ1v) is 7.62. The van der Waals surface area contributed by atoms with Crippen molar-refractivity contribution in [2.45, 2.75) is 18.4 Å². The summed E-state index contributed by atoms with van der Waals surface area (Å²) in [5.41, 5.74) is 5.21. The number of rotatable bonds is 6. The molecule has 1 saturated heterocycles. The van der Waals surface area contributed by atoms with Gasteiger partial charge in [0.1, 0.15) is 5.76 Å². The number of nitrogens with zero attached hydrogens (tertiary/aromatic N) is 1. The van der Waals surface area contributed by atoms with E-state index in [1.54, 1.807) is 30.4 Å². The molecule has 1 aromatic carbocycles. The quantitative estimate of drug-likeness (QED) is 0.625. The van der Waals surface area contributed by atoms with Crippen molar-refractivity contribution in [1.82, 2.24) is 0 Å². The minimum Gasteiger partial charge on any atom is -0.454 e. The third-order valence-electron chi connectivity index (χ3n) is 4.07. The van der Waals surface area contributed by atoms with Gasteiger partial charge in [-0.2, -0.15) is 0 Å².